The van der Waals surface area contributed by atoms with Gasteiger partial charge in [0.2, 0.25) is 0 Å². The quantitative estimate of drug-likeness (QED) is 0.604. The number of hydrogen-bond donors (Lipinski definition) is 1. The molecule has 19 heavy (non-hydrogen) atoms. The van der Waals surface area contributed by atoms with Crippen molar-refractivity contribution in [1.29, 1.82) is 0 Å². The Morgan fingerprint density at radius 2 is 2.05 bits per heavy atom. The first-order chi connectivity index (χ1) is 9.03. The van der Waals surface area contributed by atoms with Crippen LogP contribution < -0.4 is 4.74 Å². The van der Waals surface area contributed by atoms with Crippen molar-refractivity contribution in [3.63, 3.8) is 0 Å². The maximum absolute atomic E-state index is 10.9. The first-order valence-electron chi connectivity index (χ1n) is 6.26. The normalized spacial score (nSPS) is 12.5. The van der Waals surface area contributed by atoms with Gasteiger partial charge < -0.3 is 14.7 Å². The minimum Gasteiger partial charge on any atom is -0.490 e. The molecule has 0 amide bonds. The number of methoxy groups -OCH3 is 1. The van der Waals surface area contributed by atoms with Crippen LogP contribution in [0.5, 0.6) is 5.75 Å². The van der Waals surface area contributed by atoms with E-state index in [-0.39, 0.29) is 11.4 Å². The maximum atomic E-state index is 10.9. The van der Waals surface area contributed by atoms with Crippen LogP contribution in [0.25, 0.3) is 0 Å². The van der Waals surface area contributed by atoms with E-state index < -0.39 is 11.0 Å². The number of likely N-dealkylation sites (N-methyl/N-ethyl adjacent to an activating group) is 1. The predicted octanol–water partition coefficient (Wildman–Crippen LogP) is 1.98. The molecule has 106 valence electrons. The van der Waals surface area contributed by atoms with Gasteiger partial charge in [-0.25, -0.2) is 0 Å². The van der Waals surface area contributed by atoms with Crippen LogP contribution in [0.3, 0.4) is 0 Å². The van der Waals surface area contributed by atoms with Crippen LogP contribution >= 0.6 is 0 Å². The summed E-state index contributed by atoms with van der Waals surface area (Å²) in [5, 5.41) is 21.0. The zero-order chi connectivity index (χ0) is 14.4. The number of benzene rings is 1. The summed E-state index contributed by atoms with van der Waals surface area (Å²) in [6.45, 7) is 6.12. The average molecular weight is 268 g/mol. The lowest BCUT2D eigenvalue weighted by atomic mass is 10.1. The van der Waals surface area contributed by atoms with Crippen molar-refractivity contribution >= 4 is 5.69 Å². The second kappa shape index (κ2) is 7.06. The molecule has 1 N–H and O–H groups in total. The smallest absolute Gasteiger partial charge is 0.311 e. The molecule has 0 aliphatic rings. The Morgan fingerprint density at radius 3 is 2.53 bits per heavy atom. The lowest BCUT2D eigenvalue weighted by Gasteiger charge is -2.22. The Balaban J connectivity index is 2.95. The average Bonchev–Trinajstić information content (AvgIpc) is 2.43. The molecule has 0 saturated carbocycles. The van der Waals surface area contributed by atoms with Crippen molar-refractivity contribution in [3.05, 3.63) is 33.9 Å². The van der Waals surface area contributed by atoms with Crippen molar-refractivity contribution in [2.75, 3.05) is 26.7 Å². The fraction of sp³-hybridized carbons (Fsp3) is 0.538. The van der Waals surface area contributed by atoms with E-state index in [1.165, 1.54) is 19.2 Å². The van der Waals surface area contributed by atoms with E-state index in [9.17, 15) is 15.2 Å². The summed E-state index contributed by atoms with van der Waals surface area (Å²) < 4.78 is 4.93. The fourth-order valence-corrected chi connectivity index (χ4v) is 1.89. The Labute approximate surface area is 112 Å². The van der Waals surface area contributed by atoms with Gasteiger partial charge in [-0.1, -0.05) is 19.9 Å². The highest BCUT2D eigenvalue weighted by molar-refractivity contribution is 5.49. The largest absolute Gasteiger partial charge is 0.490 e. The van der Waals surface area contributed by atoms with Crippen molar-refractivity contribution in [3.8, 4) is 5.75 Å². The topological polar surface area (TPSA) is 75.8 Å². The van der Waals surface area contributed by atoms with Gasteiger partial charge in [-0.2, -0.15) is 0 Å². The van der Waals surface area contributed by atoms with E-state index in [1.807, 2.05) is 13.8 Å². The van der Waals surface area contributed by atoms with Crippen molar-refractivity contribution in [2.24, 2.45) is 0 Å². The van der Waals surface area contributed by atoms with Gasteiger partial charge in [0, 0.05) is 12.6 Å². The molecule has 0 fully saturated rings. The van der Waals surface area contributed by atoms with Crippen LogP contribution in [0.15, 0.2) is 18.2 Å². The highest BCUT2D eigenvalue weighted by Gasteiger charge is 2.19. The molecule has 1 aromatic rings. The molecule has 0 spiro atoms. The van der Waals surface area contributed by atoms with Crippen LogP contribution in [0.1, 0.15) is 25.5 Å². The van der Waals surface area contributed by atoms with E-state index in [2.05, 4.69) is 4.90 Å². The van der Waals surface area contributed by atoms with Gasteiger partial charge in [0.15, 0.2) is 5.75 Å². The minimum atomic E-state index is -0.746. The van der Waals surface area contributed by atoms with Gasteiger partial charge in [-0.05, 0) is 24.7 Å². The summed E-state index contributed by atoms with van der Waals surface area (Å²) in [7, 11) is 1.38. The third kappa shape index (κ3) is 3.90. The molecule has 0 aliphatic heterocycles. The molecular weight excluding hydrogens is 248 g/mol. The molecule has 0 bridgehead atoms. The van der Waals surface area contributed by atoms with E-state index in [0.29, 0.717) is 12.1 Å². The minimum absolute atomic E-state index is 0.126. The standard InChI is InChI=1S/C13H20N2O4/c1-4-14(5-2)9-12(16)10-6-7-13(19-3)11(8-10)15(17)18/h6-8,12,16H,4-5,9H2,1-3H3. The van der Waals surface area contributed by atoms with Gasteiger partial charge in [-0.3, -0.25) is 10.1 Å². The Morgan fingerprint density at radius 1 is 1.42 bits per heavy atom. The van der Waals surface area contributed by atoms with Gasteiger partial charge in [-0.15, -0.1) is 0 Å². The molecule has 1 atom stereocenters. The van der Waals surface area contributed by atoms with E-state index >= 15 is 0 Å². The zero-order valence-electron chi connectivity index (χ0n) is 11.5. The SMILES string of the molecule is CCN(CC)CC(O)c1ccc(OC)c([N+](=O)[O-])c1. The van der Waals surface area contributed by atoms with Crippen molar-refractivity contribution in [2.45, 2.75) is 20.0 Å². The highest BCUT2D eigenvalue weighted by atomic mass is 16.6. The first-order valence-corrected chi connectivity index (χ1v) is 6.26. The van der Waals surface area contributed by atoms with Crippen LogP contribution in [0.4, 0.5) is 5.69 Å². The van der Waals surface area contributed by atoms with Crippen LogP contribution in [0.2, 0.25) is 0 Å². The molecule has 0 radical (unpaired) electrons. The number of nitro groups is 1. The molecule has 6 nitrogen and oxygen atoms in total. The van der Waals surface area contributed by atoms with E-state index in [4.69, 9.17) is 4.74 Å². The molecular formula is C13H20N2O4. The number of aliphatic hydroxyl groups is 1. The molecule has 0 aliphatic carbocycles. The lowest BCUT2D eigenvalue weighted by Crippen LogP contribution is -2.28. The van der Waals surface area contributed by atoms with Gasteiger partial charge in [0.25, 0.3) is 0 Å². The highest BCUT2D eigenvalue weighted by Crippen LogP contribution is 2.30. The van der Waals surface area contributed by atoms with E-state index in [1.54, 1.807) is 6.07 Å². The number of rotatable bonds is 7. The van der Waals surface area contributed by atoms with Crippen LogP contribution in [-0.4, -0.2) is 41.7 Å². The molecule has 0 heterocycles. The molecule has 1 aromatic carbocycles. The molecule has 0 aromatic heterocycles. The second-order valence-electron chi connectivity index (χ2n) is 4.19. The third-order valence-electron chi connectivity index (χ3n) is 3.11. The van der Waals surface area contributed by atoms with Crippen molar-refractivity contribution < 1.29 is 14.8 Å². The zero-order valence-corrected chi connectivity index (χ0v) is 11.5. The summed E-state index contributed by atoms with van der Waals surface area (Å²) >= 11 is 0. The summed E-state index contributed by atoms with van der Waals surface area (Å²) in [5.74, 6) is 0.198. The summed E-state index contributed by atoms with van der Waals surface area (Å²) in [5.41, 5.74) is 0.401. The molecule has 6 heteroatoms. The summed E-state index contributed by atoms with van der Waals surface area (Å²) in [6.07, 6.45) is -0.746. The third-order valence-corrected chi connectivity index (χ3v) is 3.11. The Kier molecular flexibility index (Phi) is 5.72. The molecule has 1 rings (SSSR count). The number of nitro benzene ring substituents is 1. The number of ether oxygens (including phenoxy) is 1. The van der Waals surface area contributed by atoms with Gasteiger partial charge >= 0.3 is 5.69 Å². The van der Waals surface area contributed by atoms with Gasteiger partial charge in [0.1, 0.15) is 0 Å². The van der Waals surface area contributed by atoms with Crippen molar-refractivity contribution in [1.82, 2.24) is 4.90 Å². The lowest BCUT2D eigenvalue weighted by molar-refractivity contribution is -0.385. The molecule has 1 unspecified atom stereocenters. The van der Waals surface area contributed by atoms with Crippen LogP contribution in [-0.2, 0) is 0 Å². The first kappa shape index (κ1) is 15.4. The monoisotopic (exact) mass is 268 g/mol. The van der Waals surface area contributed by atoms with Crippen LogP contribution in [0, 0.1) is 10.1 Å². The Hall–Kier alpha value is -1.66. The maximum Gasteiger partial charge on any atom is 0.311 e. The number of hydrogen-bond acceptors (Lipinski definition) is 5. The predicted molar refractivity (Wildman–Crippen MR) is 72.4 cm³/mol. The summed E-state index contributed by atoms with van der Waals surface area (Å²) in [4.78, 5) is 12.5. The van der Waals surface area contributed by atoms with Gasteiger partial charge in [0.05, 0.1) is 18.1 Å². The number of aliphatic hydroxyl groups excluding tert-OH is 1. The fourth-order valence-electron chi connectivity index (χ4n) is 1.89. The second-order valence-corrected chi connectivity index (χ2v) is 4.19. The Bertz CT molecular complexity index is 433. The van der Waals surface area contributed by atoms with E-state index in [0.717, 1.165) is 13.1 Å². The number of nitrogens with zero attached hydrogens (tertiary/aromatic N) is 2. The molecule has 0 saturated heterocycles. The summed E-state index contributed by atoms with van der Waals surface area (Å²) in [6, 6.07) is 4.53.